The SMILES string of the molecule is C1=C(c2cccnc2)C(CNCCc2ccccc2)CCC1.Cl. The van der Waals surface area contributed by atoms with E-state index in [1.54, 1.807) is 0 Å². The van der Waals surface area contributed by atoms with E-state index in [9.17, 15) is 0 Å². The fraction of sp³-hybridized carbons (Fsp3) is 0.350. The minimum absolute atomic E-state index is 0. The normalized spacial score (nSPS) is 17.2. The van der Waals surface area contributed by atoms with Gasteiger partial charge in [-0.1, -0.05) is 42.5 Å². The summed E-state index contributed by atoms with van der Waals surface area (Å²) in [6, 6.07) is 14.9. The molecule has 3 heteroatoms. The van der Waals surface area contributed by atoms with Crippen LogP contribution in [0.4, 0.5) is 0 Å². The Bertz CT molecular complexity index is 596. The summed E-state index contributed by atoms with van der Waals surface area (Å²) in [5.74, 6) is 0.619. The van der Waals surface area contributed by atoms with Crippen molar-refractivity contribution in [3.05, 3.63) is 72.1 Å². The summed E-state index contributed by atoms with van der Waals surface area (Å²) in [5, 5.41) is 3.64. The van der Waals surface area contributed by atoms with Gasteiger partial charge < -0.3 is 5.32 Å². The van der Waals surface area contributed by atoms with Crippen LogP contribution in [0.25, 0.3) is 5.57 Å². The number of allylic oxidation sites excluding steroid dienone is 1. The first-order chi connectivity index (χ1) is 10.9. The molecule has 1 aliphatic rings. The molecule has 23 heavy (non-hydrogen) atoms. The number of nitrogens with zero attached hydrogens (tertiary/aromatic N) is 1. The number of pyridine rings is 1. The molecule has 1 aromatic heterocycles. The van der Waals surface area contributed by atoms with E-state index in [1.807, 2.05) is 18.5 Å². The van der Waals surface area contributed by atoms with E-state index in [0.29, 0.717) is 5.92 Å². The first-order valence-electron chi connectivity index (χ1n) is 8.28. The molecule has 0 radical (unpaired) electrons. The minimum Gasteiger partial charge on any atom is -0.316 e. The summed E-state index contributed by atoms with van der Waals surface area (Å²) in [7, 11) is 0. The molecule has 1 aromatic carbocycles. The number of rotatable bonds is 6. The third kappa shape index (κ3) is 5.19. The van der Waals surface area contributed by atoms with Gasteiger partial charge in [-0.15, -0.1) is 12.4 Å². The molecule has 2 aromatic rings. The molecule has 2 nitrogen and oxygen atoms in total. The van der Waals surface area contributed by atoms with Crippen molar-refractivity contribution in [2.24, 2.45) is 5.92 Å². The van der Waals surface area contributed by atoms with E-state index in [2.05, 4.69) is 52.8 Å². The number of hydrogen-bond donors (Lipinski definition) is 1. The average Bonchev–Trinajstić information content (AvgIpc) is 2.61. The molecule has 0 aliphatic heterocycles. The highest BCUT2D eigenvalue weighted by atomic mass is 35.5. The maximum absolute atomic E-state index is 4.27. The monoisotopic (exact) mass is 328 g/mol. The lowest BCUT2D eigenvalue weighted by Gasteiger charge is -2.25. The molecule has 0 amide bonds. The summed E-state index contributed by atoms with van der Waals surface area (Å²) in [5.41, 5.74) is 4.17. The fourth-order valence-corrected chi connectivity index (χ4v) is 3.20. The van der Waals surface area contributed by atoms with Gasteiger partial charge in [0.05, 0.1) is 0 Å². The molecule has 3 rings (SSSR count). The lowest BCUT2D eigenvalue weighted by molar-refractivity contribution is 0.508. The molecule has 1 heterocycles. The van der Waals surface area contributed by atoms with Crippen molar-refractivity contribution >= 4 is 18.0 Å². The third-order valence-electron chi connectivity index (χ3n) is 4.38. The second-order valence-electron chi connectivity index (χ2n) is 5.97. The van der Waals surface area contributed by atoms with Crippen LogP contribution in [-0.4, -0.2) is 18.1 Å². The molecule has 0 fully saturated rings. The molecule has 1 atom stereocenters. The highest BCUT2D eigenvalue weighted by Crippen LogP contribution is 2.31. The van der Waals surface area contributed by atoms with Crippen LogP contribution >= 0.6 is 12.4 Å². The lowest BCUT2D eigenvalue weighted by atomic mass is 9.84. The van der Waals surface area contributed by atoms with Crippen molar-refractivity contribution in [2.75, 3.05) is 13.1 Å². The van der Waals surface area contributed by atoms with E-state index in [0.717, 1.165) is 19.5 Å². The maximum Gasteiger partial charge on any atom is 0.0343 e. The first-order valence-corrected chi connectivity index (χ1v) is 8.28. The van der Waals surface area contributed by atoms with E-state index >= 15 is 0 Å². The predicted octanol–water partition coefficient (Wildman–Crippen LogP) is 4.52. The Balaban J connectivity index is 0.00000192. The molecule has 122 valence electrons. The van der Waals surface area contributed by atoms with Crippen molar-refractivity contribution in [3.63, 3.8) is 0 Å². The quantitative estimate of drug-likeness (QED) is 0.789. The summed E-state index contributed by atoms with van der Waals surface area (Å²) >= 11 is 0. The van der Waals surface area contributed by atoms with Gasteiger partial charge in [-0.3, -0.25) is 4.98 Å². The number of benzene rings is 1. The van der Waals surface area contributed by atoms with Gasteiger partial charge in [-0.2, -0.15) is 0 Å². The Morgan fingerprint density at radius 2 is 1.96 bits per heavy atom. The zero-order valence-electron chi connectivity index (χ0n) is 13.4. The zero-order chi connectivity index (χ0) is 15.0. The third-order valence-corrected chi connectivity index (χ3v) is 4.38. The van der Waals surface area contributed by atoms with Crippen LogP contribution in [0.1, 0.15) is 30.4 Å². The number of hydrogen-bond acceptors (Lipinski definition) is 2. The molecule has 0 saturated heterocycles. The Morgan fingerprint density at radius 1 is 1.09 bits per heavy atom. The van der Waals surface area contributed by atoms with Gasteiger partial charge in [0, 0.05) is 18.9 Å². The maximum atomic E-state index is 4.27. The number of nitrogens with one attached hydrogen (secondary N) is 1. The summed E-state index contributed by atoms with van der Waals surface area (Å²) in [6.07, 6.45) is 11.1. The van der Waals surface area contributed by atoms with Crippen LogP contribution in [0.3, 0.4) is 0 Å². The Labute approximate surface area is 145 Å². The Morgan fingerprint density at radius 3 is 2.74 bits per heavy atom. The van der Waals surface area contributed by atoms with Gasteiger partial charge in [0.1, 0.15) is 0 Å². The molecular weight excluding hydrogens is 304 g/mol. The summed E-state index contributed by atoms with van der Waals surface area (Å²) < 4.78 is 0. The van der Waals surface area contributed by atoms with Gasteiger partial charge >= 0.3 is 0 Å². The molecule has 1 unspecified atom stereocenters. The fourth-order valence-electron chi connectivity index (χ4n) is 3.20. The van der Waals surface area contributed by atoms with Gasteiger partial charge in [0.25, 0.3) is 0 Å². The Hall–Kier alpha value is -1.64. The smallest absolute Gasteiger partial charge is 0.0343 e. The largest absolute Gasteiger partial charge is 0.316 e. The molecule has 0 spiro atoms. The average molecular weight is 329 g/mol. The zero-order valence-corrected chi connectivity index (χ0v) is 14.3. The van der Waals surface area contributed by atoms with E-state index < -0.39 is 0 Å². The van der Waals surface area contributed by atoms with Crippen molar-refractivity contribution in [2.45, 2.75) is 25.7 Å². The molecular formula is C20H25ClN2. The second kappa shape index (κ2) is 9.49. The van der Waals surface area contributed by atoms with E-state index in [1.165, 1.54) is 36.0 Å². The minimum atomic E-state index is 0. The Kier molecular flexibility index (Phi) is 7.31. The van der Waals surface area contributed by atoms with Crippen LogP contribution in [0.15, 0.2) is 60.9 Å². The van der Waals surface area contributed by atoms with Crippen molar-refractivity contribution < 1.29 is 0 Å². The van der Waals surface area contributed by atoms with Gasteiger partial charge in [0.2, 0.25) is 0 Å². The highest BCUT2D eigenvalue weighted by molar-refractivity contribution is 5.85. The van der Waals surface area contributed by atoms with Crippen LogP contribution in [0.5, 0.6) is 0 Å². The summed E-state index contributed by atoms with van der Waals surface area (Å²) in [6.45, 7) is 2.11. The molecule has 1 N–H and O–H groups in total. The van der Waals surface area contributed by atoms with Crippen LogP contribution in [0, 0.1) is 5.92 Å². The second-order valence-corrected chi connectivity index (χ2v) is 5.97. The topological polar surface area (TPSA) is 24.9 Å². The van der Waals surface area contributed by atoms with Crippen molar-refractivity contribution in [1.29, 1.82) is 0 Å². The molecule has 1 aliphatic carbocycles. The van der Waals surface area contributed by atoms with E-state index in [4.69, 9.17) is 0 Å². The number of aromatic nitrogens is 1. The van der Waals surface area contributed by atoms with E-state index in [-0.39, 0.29) is 12.4 Å². The summed E-state index contributed by atoms with van der Waals surface area (Å²) in [4.78, 5) is 4.27. The van der Waals surface area contributed by atoms with Crippen molar-refractivity contribution in [3.8, 4) is 0 Å². The highest BCUT2D eigenvalue weighted by Gasteiger charge is 2.18. The van der Waals surface area contributed by atoms with Gasteiger partial charge in [0.15, 0.2) is 0 Å². The standard InChI is InChI=1S/C20H24N2.ClH/c1-2-7-17(8-3-1)12-14-22-16-18-9-4-5-11-20(18)19-10-6-13-21-15-19;/h1-3,6-8,10-11,13,15,18,22H,4-5,9,12,14,16H2;1H. The van der Waals surface area contributed by atoms with Crippen LogP contribution in [-0.2, 0) is 6.42 Å². The number of halogens is 1. The first kappa shape index (κ1) is 17.7. The van der Waals surface area contributed by atoms with Crippen LogP contribution in [0.2, 0.25) is 0 Å². The van der Waals surface area contributed by atoms with Gasteiger partial charge in [-0.05, 0) is 60.9 Å². The molecule has 0 bridgehead atoms. The lowest BCUT2D eigenvalue weighted by Crippen LogP contribution is -2.27. The van der Waals surface area contributed by atoms with Crippen LogP contribution < -0.4 is 5.32 Å². The van der Waals surface area contributed by atoms with Gasteiger partial charge in [-0.25, -0.2) is 0 Å². The van der Waals surface area contributed by atoms with Crippen molar-refractivity contribution in [1.82, 2.24) is 10.3 Å². The predicted molar refractivity (Wildman–Crippen MR) is 99.8 cm³/mol. The molecule has 0 saturated carbocycles.